The number of anilines is 1. The van der Waals surface area contributed by atoms with Crippen LogP contribution in [0, 0.1) is 6.92 Å². The number of carbonyl (C=O) groups is 1. The quantitative estimate of drug-likeness (QED) is 0.528. The summed E-state index contributed by atoms with van der Waals surface area (Å²) in [4.78, 5) is 31.1. The standard InChI is InChI=1S/C19H15N3O2/c1-11-9-20-17-8-12(6-7-13(11)17)22-19(24)15-10-21-16-5-3-2-4-14(16)18(15)23/h2-10,20H,1H3,(H,21,23)(H,22,24). The molecule has 0 aliphatic carbocycles. The van der Waals surface area contributed by atoms with Crippen molar-refractivity contribution in [1.29, 1.82) is 0 Å². The Morgan fingerprint density at radius 3 is 2.62 bits per heavy atom. The number of amides is 1. The molecule has 4 rings (SSSR count). The van der Waals surface area contributed by atoms with E-state index in [1.807, 2.05) is 37.4 Å². The van der Waals surface area contributed by atoms with E-state index in [9.17, 15) is 9.59 Å². The maximum atomic E-state index is 12.5. The summed E-state index contributed by atoms with van der Waals surface area (Å²) in [5.74, 6) is -0.426. The van der Waals surface area contributed by atoms with Gasteiger partial charge < -0.3 is 15.3 Å². The third-order valence-electron chi connectivity index (χ3n) is 4.18. The second-order valence-corrected chi connectivity index (χ2v) is 5.76. The number of aromatic nitrogens is 2. The lowest BCUT2D eigenvalue weighted by Crippen LogP contribution is -2.21. The minimum Gasteiger partial charge on any atom is -0.361 e. The number of pyridine rings is 1. The Morgan fingerprint density at radius 2 is 1.75 bits per heavy atom. The van der Waals surface area contributed by atoms with Gasteiger partial charge in [-0.2, -0.15) is 0 Å². The number of para-hydroxylation sites is 1. The van der Waals surface area contributed by atoms with Gasteiger partial charge in [-0.25, -0.2) is 0 Å². The highest BCUT2D eigenvalue weighted by molar-refractivity contribution is 6.06. The van der Waals surface area contributed by atoms with Gasteiger partial charge in [0.2, 0.25) is 5.43 Å². The number of H-pyrrole nitrogens is 2. The first-order valence-corrected chi connectivity index (χ1v) is 7.63. The van der Waals surface area contributed by atoms with E-state index in [0.717, 1.165) is 16.5 Å². The van der Waals surface area contributed by atoms with E-state index in [1.54, 1.807) is 18.2 Å². The Bertz CT molecular complexity index is 1140. The Balaban J connectivity index is 1.70. The van der Waals surface area contributed by atoms with Crippen molar-refractivity contribution >= 4 is 33.4 Å². The minimum absolute atomic E-state index is 0.0939. The second-order valence-electron chi connectivity index (χ2n) is 5.76. The molecule has 4 aromatic rings. The van der Waals surface area contributed by atoms with Crippen LogP contribution in [0.15, 0.2) is 59.7 Å². The van der Waals surface area contributed by atoms with Gasteiger partial charge in [0.25, 0.3) is 5.91 Å². The predicted octanol–water partition coefficient (Wildman–Crippen LogP) is 3.57. The molecule has 2 aromatic heterocycles. The van der Waals surface area contributed by atoms with Gasteiger partial charge >= 0.3 is 0 Å². The van der Waals surface area contributed by atoms with Gasteiger partial charge in [-0.15, -0.1) is 0 Å². The van der Waals surface area contributed by atoms with Crippen molar-refractivity contribution in [2.75, 3.05) is 5.32 Å². The first-order valence-electron chi connectivity index (χ1n) is 7.63. The van der Waals surface area contributed by atoms with E-state index in [1.165, 1.54) is 6.20 Å². The van der Waals surface area contributed by atoms with Crippen LogP contribution in [0.25, 0.3) is 21.8 Å². The van der Waals surface area contributed by atoms with Gasteiger partial charge in [0.15, 0.2) is 0 Å². The van der Waals surface area contributed by atoms with E-state index in [4.69, 9.17) is 0 Å². The highest BCUT2D eigenvalue weighted by atomic mass is 16.2. The summed E-state index contributed by atoms with van der Waals surface area (Å²) < 4.78 is 0. The summed E-state index contributed by atoms with van der Waals surface area (Å²) >= 11 is 0. The van der Waals surface area contributed by atoms with Crippen molar-refractivity contribution in [1.82, 2.24) is 9.97 Å². The molecule has 1 amide bonds. The highest BCUT2D eigenvalue weighted by Crippen LogP contribution is 2.21. The van der Waals surface area contributed by atoms with Crippen LogP contribution in [-0.4, -0.2) is 15.9 Å². The first kappa shape index (κ1) is 14.3. The summed E-state index contributed by atoms with van der Waals surface area (Å²) in [5.41, 5.74) is 3.26. The van der Waals surface area contributed by atoms with Crippen LogP contribution in [0.4, 0.5) is 5.69 Å². The molecule has 0 atom stereocenters. The lowest BCUT2D eigenvalue weighted by Gasteiger charge is -2.06. The van der Waals surface area contributed by atoms with Crippen LogP contribution < -0.4 is 10.7 Å². The highest BCUT2D eigenvalue weighted by Gasteiger charge is 2.13. The number of carbonyl (C=O) groups excluding carboxylic acids is 1. The molecule has 0 saturated carbocycles. The van der Waals surface area contributed by atoms with E-state index >= 15 is 0 Å². The van der Waals surface area contributed by atoms with Gasteiger partial charge in [-0.05, 0) is 36.8 Å². The minimum atomic E-state index is -0.426. The second kappa shape index (κ2) is 5.38. The maximum absolute atomic E-state index is 12.5. The van der Waals surface area contributed by atoms with Crippen LogP contribution in [0.1, 0.15) is 15.9 Å². The predicted molar refractivity (Wildman–Crippen MR) is 95.6 cm³/mol. The molecule has 24 heavy (non-hydrogen) atoms. The van der Waals surface area contributed by atoms with Crippen LogP contribution in [0.2, 0.25) is 0 Å². The van der Waals surface area contributed by atoms with E-state index < -0.39 is 5.91 Å². The molecule has 0 aliphatic rings. The number of hydrogen-bond acceptors (Lipinski definition) is 2. The molecule has 0 radical (unpaired) electrons. The summed E-state index contributed by atoms with van der Waals surface area (Å²) in [6, 6.07) is 12.8. The average Bonchev–Trinajstić information content (AvgIpc) is 2.96. The molecule has 0 fully saturated rings. The first-order chi connectivity index (χ1) is 11.6. The molecule has 5 nitrogen and oxygen atoms in total. The molecular formula is C19H15N3O2. The summed E-state index contributed by atoms with van der Waals surface area (Å²) in [5, 5.41) is 4.39. The zero-order valence-electron chi connectivity index (χ0n) is 13.0. The summed E-state index contributed by atoms with van der Waals surface area (Å²) in [6.45, 7) is 2.02. The lowest BCUT2D eigenvalue weighted by atomic mass is 10.1. The molecule has 3 N–H and O–H groups in total. The van der Waals surface area contributed by atoms with Gasteiger partial charge in [0.05, 0.1) is 0 Å². The Hall–Kier alpha value is -3.34. The van der Waals surface area contributed by atoms with Crippen molar-refractivity contribution in [3.63, 3.8) is 0 Å². The van der Waals surface area contributed by atoms with Gasteiger partial charge in [-0.3, -0.25) is 9.59 Å². The fourth-order valence-electron chi connectivity index (χ4n) is 2.88. The molecule has 2 aromatic carbocycles. The molecule has 5 heteroatoms. The molecule has 0 saturated heterocycles. The molecule has 2 heterocycles. The fraction of sp³-hybridized carbons (Fsp3) is 0.0526. The molecule has 118 valence electrons. The Kier molecular flexibility index (Phi) is 3.20. The summed E-state index contributed by atoms with van der Waals surface area (Å²) in [7, 11) is 0. The molecule has 0 unspecified atom stereocenters. The van der Waals surface area contributed by atoms with E-state index in [0.29, 0.717) is 16.6 Å². The number of rotatable bonds is 2. The lowest BCUT2D eigenvalue weighted by molar-refractivity contribution is 0.102. The monoisotopic (exact) mass is 317 g/mol. The van der Waals surface area contributed by atoms with Crippen molar-refractivity contribution < 1.29 is 4.79 Å². The molecule has 0 aliphatic heterocycles. The maximum Gasteiger partial charge on any atom is 0.261 e. The van der Waals surface area contributed by atoms with Gasteiger partial charge in [-0.1, -0.05) is 18.2 Å². The molecular weight excluding hydrogens is 302 g/mol. The number of aromatic amines is 2. The largest absolute Gasteiger partial charge is 0.361 e. The molecule has 0 spiro atoms. The number of fused-ring (bicyclic) bond motifs is 2. The van der Waals surface area contributed by atoms with Crippen molar-refractivity contribution in [3.05, 3.63) is 76.2 Å². The van der Waals surface area contributed by atoms with Crippen molar-refractivity contribution in [2.24, 2.45) is 0 Å². The smallest absolute Gasteiger partial charge is 0.261 e. The Morgan fingerprint density at radius 1 is 0.958 bits per heavy atom. The zero-order chi connectivity index (χ0) is 16.7. The number of aryl methyl sites for hydroxylation is 1. The van der Waals surface area contributed by atoms with Crippen LogP contribution >= 0.6 is 0 Å². The number of nitrogens with one attached hydrogen (secondary N) is 3. The van der Waals surface area contributed by atoms with E-state index in [2.05, 4.69) is 15.3 Å². The SMILES string of the molecule is Cc1c[nH]c2cc(NC(=O)c3c[nH]c4ccccc4c3=O)ccc12. The fourth-order valence-corrected chi connectivity index (χ4v) is 2.88. The van der Waals surface area contributed by atoms with Crippen molar-refractivity contribution in [2.45, 2.75) is 6.92 Å². The normalized spacial score (nSPS) is 11.0. The van der Waals surface area contributed by atoms with Gasteiger partial charge in [0, 0.05) is 39.9 Å². The number of benzene rings is 2. The third kappa shape index (κ3) is 2.27. The summed E-state index contributed by atoms with van der Waals surface area (Å²) in [6.07, 6.45) is 3.38. The van der Waals surface area contributed by atoms with Crippen LogP contribution in [-0.2, 0) is 0 Å². The topological polar surface area (TPSA) is 77.8 Å². The van der Waals surface area contributed by atoms with Crippen molar-refractivity contribution in [3.8, 4) is 0 Å². The Labute approximate surface area is 137 Å². The average molecular weight is 317 g/mol. The van der Waals surface area contributed by atoms with E-state index in [-0.39, 0.29) is 11.0 Å². The number of hydrogen-bond donors (Lipinski definition) is 3. The third-order valence-corrected chi connectivity index (χ3v) is 4.18. The van der Waals surface area contributed by atoms with Crippen LogP contribution in [0.5, 0.6) is 0 Å². The molecule has 0 bridgehead atoms. The van der Waals surface area contributed by atoms with Gasteiger partial charge in [0.1, 0.15) is 5.56 Å². The zero-order valence-corrected chi connectivity index (χ0v) is 13.0. The van der Waals surface area contributed by atoms with Crippen LogP contribution in [0.3, 0.4) is 0 Å².